The summed E-state index contributed by atoms with van der Waals surface area (Å²) >= 11 is 0. The highest BCUT2D eigenvalue weighted by molar-refractivity contribution is 6.04. The summed E-state index contributed by atoms with van der Waals surface area (Å²) in [4.78, 5) is 49.9. The highest BCUT2D eigenvalue weighted by atomic mass is 16.5. The second-order valence-corrected chi connectivity index (χ2v) is 8.23. The highest BCUT2D eigenvalue weighted by Crippen LogP contribution is 2.32. The molecule has 40 heavy (non-hydrogen) atoms. The number of hydrogen-bond donors (Lipinski definition) is 2. The lowest BCUT2D eigenvalue weighted by Gasteiger charge is -2.18. The number of benzene rings is 3. The Kier molecular flexibility index (Phi) is 10.6. The van der Waals surface area contributed by atoms with E-state index in [1.165, 1.54) is 12.1 Å². The van der Waals surface area contributed by atoms with Crippen molar-refractivity contribution >= 4 is 46.6 Å². The van der Waals surface area contributed by atoms with E-state index in [2.05, 4.69) is 10.6 Å². The van der Waals surface area contributed by atoms with Gasteiger partial charge in [-0.05, 0) is 88.4 Å². The molecule has 10 heteroatoms. The summed E-state index contributed by atoms with van der Waals surface area (Å²) in [6.45, 7) is 7.63. The summed E-state index contributed by atoms with van der Waals surface area (Å²) in [5.41, 5.74) is 2.79. The third-order valence-corrected chi connectivity index (χ3v) is 5.50. The summed E-state index contributed by atoms with van der Waals surface area (Å²) in [6, 6.07) is 16.0. The van der Waals surface area contributed by atoms with Gasteiger partial charge in [0, 0.05) is 11.4 Å². The SMILES string of the molecule is CCOC(=O)c1ccc(Nc2cc(C(=O)OCC)c(Nc3ccc(C(=O)OCC)cc3)cc2C(=O)OCC)cc1. The Morgan fingerprint density at radius 2 is 0.800 bits per heavy atom. The number of ether oxygens (including phenoxy) is 4. The van der Waals surface area contributed by atoms with Gasteiger partial charge in [-0.15, -0.1) is 0 Å². The Morgan fingerprint density at radius 3 is 1.10 bits per heavy atom. The minimum absolute atomic E-state index is 0.143. The maximum absolute atomic E-state index is 12.9. The molecule has 210 valence electrons. The molecule has 0 saturated heterocycles. The third-order valence-electron chi connectivity index (χ3n) is 5.50. The van der Waals surface area contributed by atoms with Crippen molar-refractivity contribution < 1.29 is 38.1 Å². The molecule has 0 unspecified atom stereocenters. The average molecular weight is 549 g/mol. The smallest absolute Gasteiger partial charge is 0.340 e. The van der Waals surface area contributed by atoms with Gasteiger partial charge in [-0.2, -0.15) is 0 Å². The Hall–Kier alpha value is -4.86. The molecule has 3 rings (SSSR count). The first-order chi connectivity index (χ1) is 19.3. The minimum atomic E-state index is -0.607. The molecule has 0 amide bonds. The van der Waals surface area contributed by atoms with E-state index in [4.69, 9.17) is 18.9 Å². The van der Waals surface area contributed by atoms with Gasteiger partial charge in [0.2, 0.25) is 0 Å². The van der Waals surface area contributed by atoms with Gasteiger partial charge in [-0.25, -0.2) is 19.2 Å². The molecule has 0 aliphatic rings. The van der Waals surface area contributed by atoms with Gasteiger partial charge >= 0.3 is 23.9 Å². The second-order valence-electron chi connectivity index (χ2n) is 8.23. The number of nitrogens with one attached hydrogen (secondary N) is 2. The van der Waals surface area contributed by atoms with Crippen LogP contribution in [0.1, 0.15) is 69.1 Å². The van der Waals surface area contributed by atoms with Crippen molar-refractivity contribution in [2.75, 3.05) is 37.1 Å². The molecular formula is C30H32N2O8. The van der Waals surface area contributed by atoms with E-state index >= 15 is 0 Å². The fraction of sp³-hybridized carbons (Fsp3) is 0.267. The van der Waals surface area contributed by atoms with E-state index in [-0.39, 0.29) is 37.6 Å². The fourth-order valence-electron chi connectivity index (χ4n) is 3.68. The molecule has 2 N–H and O–H groups in total. The molecule has 3 aromatic carbocycles. The Balaban J connectivity index is 2.02. The van der Waals surface area contributed by atoms with Crippen LogP contribution in [0.3, 0.4) is 0 Å². The molecule has 0 fully saturated rings. The van der Waals surface area contributed by atoms with Crippen molar-refractivity contribution in [2.24, 2.45) is 0 Å². The van der Waals surface area contributed by atoms with E-state index in [1.54, 1.807) is 76.2 Å². The molecule has 0 heterocycles. The van der Waals surface area contributed by atoms with Gasteiger partial charge in [-0.3, -0.25) is 0 Å². The highest BCUT2D eigenvalue weighted by Gasteiger charge is 2.22. The van der Waals surface area contributed by atoms with Gasteiger partial charge in [0.25, 0.3) is 0 Å². The van der Waals surface area contributed by atoms with Crippen molar-refractivity contribution in [3.05, 3.63) is 82.9 Å². The zero-order valence-electron chi connectivity index (χ0n) is 22.9. The normalized spacial score (nSPS) is 10.3. The van der Waals surface area contributed by atoms with Crippen LogP contribution >= 0.6 is 0 Å². The third kappa shape index (κ3) is 7.59. The van der Waals surface area contributed by atoms with Crippen molar-refractivity contribution in [3.63, 3.8) is 0 Å². The molecule has 0 aliphatic carbocycles. The first-order valence-corrected chi connectivity index (χ1v) is 12.9. The maximum Gasteiger partial charge on any atom is 0.340 e. The van der Waals surface area contributed by atoms with Crippen LogP contribution in [0, 0.1) is 0 Å². The molecule has 3 aromatic rings. The number of anilines is 4. The standard InChI is InChI=1S/C30H32N2O8/c1-5-37-27(33)19-9-13-21(14-10-19)31-25-17-24(30(36)40-8-4)26(18-23(25)29(35)39-7-3)32-22-15-11-20(12-16-22)28(34)38-6-2/h9-18,31-32H,5-8H2,1-4H3. The van der Waals surface area contributed by atoms with Crippen LogP contribution in [0.5, 0.6) is 0 Å². The Morgan fingerprint density at radius 1 is 0.500 bits per heavy atom. The lowest BCUT2D eigenvalue weighted by Crippen LogP contribution is -2.13. The molecular weight excluding hydrogens is 516 g/mol. The van der Waals surface area contributed by atoms with Crippen LogP contribution in [-0.4, -0.2) is 50.3 Å². The molecule has 0 bridgehead atoms. The summed E-state index contributed by atoms with van der Waals surface area (Å²) in [7, 11) is 0. The second kappa shape index (κ2) is 14.3. The number of hydrogen-bond acceptors (Lipinski definition) is 10. The van der Waals surface area contributed by atoms with Crippen molar-refractivity contribution in [2.45, 2.75) is 27.7 Å². The van der Waals surface area contributed by atoms with Crippen LogP contribution in [0.15, 0.2) is 60.7 Å². The summed E-state index contributed by atoms with van der Waals surface area (Å²) in [5, 5.41) is 6.26. The van der Waals surface area contributed by atoms with Crippen molar-refractivity contribution in [1.29, 1.82) is 0 Å². The largest absolute Gasteiger partial charge is 0.462 e. The first-order valence-electron chi connectivity index (χ1n) is 12.9. The van der Waals surface area contributed by atoms with Crippen LogP contribution in [0.4, 0.5) is 22.7 Å². The Labute approximate surface area is 232 Å². The molecule has 0 radical (unpaired) electrons. The van der Waals surface area contributed by atoms with Gasteiger partial charge in [0.05, 0.1) is 60.1 Å². The monoisotopic (exact) mass is 548 g/mol. The number of carbonyl (C=O) groups is 4. The van der Waals surface area contributed by atoms with Gasteiger partial charge in [0.15, 0.2) is 0 Å². The van der Waals surface area contributed by atoms with E-state index in [0.717, 1.165) is 0 Å². The summed E-state index contributed by atoms with van der Waals surface area (Å²) in [6.07, 6.45) is 0. The number of rotatable bonds is 12. The lowest BCUT2D eigenvalue weighted by atomic mass is 10.0. The molecule has 0 saturated carbocycles. The summed E-state index contributed by atoms with van der Waals surface area (Å²) < 4.78 is 20.6. The Bertz CT molecular complexity index is 1250. The van der Waals surface area contributed by atoms with Crippen LogP contribution in [-0.2, 0) is 18.9 Å². The van der Waals surface area contributed by atoms with E-state index < -0.39 is 23.9 Å². The van der Waals surface area contributed by atoms with Crippen molar-refractivity contribution in [1.82, 2.24) is 0 Å². The van der Waals surface area contributed by atoms with E-state index in [0.29, 0.717) is 33.9 Å². The molecule has 0 atom stereocenters. The molecule has 0 spiro atoms. The molecule has 0 aliphatic heterocycles. The minimum Gasteiger partial charge on any atom is -0.462 e. The molecule has 0 aromatic heterocycles. The zero-order chi connectivity index (χ0) is 29.1. The first kappa shape index (κ1) is 29.7. The molecule has 10 nitrogen and oxygen atoms in total. The van der Waals surface area contributed by atoms with Crippen LogP contribution in [0.2, 0.25) is 0 Å². The van der Waals surface area contributed by atoms with E-state index in [9.17, 15) is 19.2 Å². The zero-order valence-corrected chi connectivity index (χ0v) is 22.9. The topological polar surface area (TPSA) is 129 Å². The number of esters is 4. The van der Waals surface area contributed by atoms with E-state index in [1.807, 2.05) is 0 Å². The average Bonchev–Trinajstić information content (AvgIpc) is 2.95. The van der Waals surface area contributed by atoms with Crippen molar-refractivity contribution in [3.8, 4) is 0 Å². The maximum atomic E-state index is 12.9. The fourth-order valence-corrected chi connectivity index (χ4v) is 3.68. The van der Waals surface area contributed by atoms with Crippen LogP contribution in [0.25, 0.3) is 0 Å². The van der Waals surface area contributed by atoms with Gasteiger partial charge in [0.1, 0.15) is 0 Å². The quantitative estimate of drug-likeness (QED) is 0.209. The van der Waals surface area contributed by atoms with Gasteiger partial charge in [-0.1, -0.05) is 0 Å². The lowest BCUT2D eigenvalue weighted by molar-refractivity contribution is 0.0513. The predicted molar refractivity (Wildman–Crippen MR) is 150 cm³/mol. The van der Waals surface area contributed by atoms with Crippen LogP contribution < -0.4 is 10.6 Å². The predicted octanol–water partition coefficient (Wildman–Crippen LogP) is 5.88. The summed E-state index contributed by atoms with van der Waals surface area (Å²) in [5.74, 6) is -2.11. The van der Waals surface area contributed by atoms with Gasteiger partial charge < -0.3 is 29.6 Å². The number of carbonyl (C=O) groups excluding carboxylic acids is 4.